The van der Waals surface area contributed by atoms with Crippen molar-refractivity contribution in [2.24, 2.45) is 0 Å². The second-order valence-corrected chi connectivity index (χ2v) is 5.07. The summed E-state index contributed by atoms with van der Waals surface area (Å²) in [6.07, 6.45) is 6.86. The van der Waals surface area contributed by atoms with E-state index in [2.05, 4.69) is 31.0 Å². The lowest BCUT2D eigenvalue weighted by Gasteiger charge is -2.26. The Morgan fingerprint density at radius 2 is 1.93 bits per heavy atom. The quantitative estimate of drug-likeness (QED) is 0.591. The van der Waals surface area contributed by atoms with Crippen molar-refractivity contribution in [3.63, 3.8) is 0 Å². The first kappa shape index (κ1) is 13.0. The van der Waals surface area contributed by atoms with Gasteiger partial charge >= 0.3 is 0 Å². The smallest absolute Gasteiger partial charge is 0.0110 e. The van der Waals surface area contributed by atoms with Crippen molar-refractivity contribution in [3.05, 3.63) is 0 Å². The molecule has 0 amide bonds. The van der Waals surface area contributed by atoms with Crippen molar-refractivity contribution in [3.8, 4) is 0 Å². The zero-order chi connectivity index (χ0) is 11.1. The number of nitrogens with one attached hydrogen (secondary N) is 1. The fraction of sp³-hybridized carbons (Fsp3) is 1.00. The Kier molecular flexibility index (Phi) is 6.26. The van der Waals surface area contributed by atoms with Crippen LogP contribution in [0.25, 0.3) is 0 Å². The highest BCUT2D eigenvalue weighted by molar-refractivity contribution is 4.81. The first-order valence-corrected chi connectivity index (χ1v) is 6.71. The number of unbranched alkanes of at least 4 members (excludes halogenated alkanes) is 2. The third kappa shape index (κ3) is 6.16. The first-order valence-electron chi connectivity index (χ1n) is 6.71. The Balaban J connectivity index is 2.05. The van der Waals surface area contributed by atoms with Gasteiger partial charge in [-0.25, -0.2) is 0 Å². The standard InChI is InChI=1S/C13H28N2/c1-4-5-6-10-15(12(2)3)11-9-14-13-7-8-13/h12-14H,4-11H2,1-3H3. The number of rotatable bonds is 9. The van der Waals surface area contributed by atoms with Crippen LogP contribution in [0.3, 0.4) is 0 Å². The van der Waals surface area contributed by atoms with Gasteiger partial charge in [-0.3, -0.25) is 4.90 Å². The predicted octanol–water partition coefficient (Wildman–Crippen LogP) is 2.64. The minimum atomic E-state index is 0.697. The van der Waals surface area contributed by atoms with Gasteiger partial charge in [0, 0.05) is 25.2 Å². The van der Waals surface area contributed by atoms with Gasteiger partial charge in [-0.05, 0) is 39.7 Å². The van der Waals surface area contributed by atoms with Crippen LogP contribution in [-0.2, 0) is 0 Å². The van der Waals surface area contributed by atoms with E-state index in [0.29, 0.717) is 6.04 Å². The molecule has 1 fully saturated rings. The minimum Gasteiger partial charge on any atom is -0.313 e. The molecule has 0 aromatic carbocycles. The van der Waals surface area contributed by atoms with Crippen molar-refractivity contribution >= 4 is 0 Å². The molecule has 0 spiro atoms. The molecule has 90 valence electrons. The molecule has 1 saturated carbocycles. The molecular weight excluding hydrogens is 184 g/mol. The third-order valence-electron chi connectivity index (χ3n) is 3.19. The predicted molar refractivity (Wildman–Crippen MR) is 67.3 cm³/mol. The Hall–Kier alpha value is -0.0800. The number of hydrogen-bond donors (Lipinski definition) is 1. The van der Waals surface area contributed by atoms with Crippen molar-refractivity contribution in [1.82, 2.24) is 10.2 Å². The van der Waals surface area contributed by atoms with E-state index in [4.69, 9.17) is 0 Å². The highest BCUT2D eigenvalue weighted by atomic mass is 15.2. The second kappa shape index (κ2) is 7.24. The van der Waals surface area contributed by atoms with Crippen LogP contribution in [0.5, 0.6) is 0 Å². The van der Waals surface area contributed by atoms with Crippen molar-refractivity contribution in [2.75, 3.05) is 19.6 Å². The minimum absolute atomic E-state index is 0.697. The molecule has 1 rings (SSSR count). The van der Waals surface area contributed by atoms with E-state index in [1.165, 1.54) is 51.7 Å². The molecular formula is C13H28N2. The maximum Gasteiger partial charge on any atom is 0.0110 e. The summed E-state index contributed by atoms with van der Waals surface area (Å²) >= 11 is 0. The SMILES string of the molecule is CCCCCN(CCNC1CC1)C(C)C. The van der Waals surface area contributed by atoms with E-state index >= 15 is 0 Å². The Bertz CT molecular complexity index is 153. The largest absolute Gasteiger partial charge is 0.313 e. The Labute approximate surface area is 95.4 Å². The maximum atomic E-state index is 3.59. The lowest BCUT2D eigenvalue weighted by molar-refractivity contribution is 0.217. The van der Waals surface area contributed by atoms with E-state index in [1.54, 1.807) is 0 Å². The van der Waals surface area contributed by atoms with Crippen LogP contribution in [0.2, 0.25) is 0 Å². The van der Waals surface area contributed by atoms with Crippen LogP contribution in [0.1, 0.15) is 52.9 Å². The van der Waals surface area contributed by atoms with Gasteiger partial charge < -0.3 is 5.32 Å². The molecule has 15 heavy (non-hydrogen) atoms. The zero-order valence-corrected chi connectivity index (χ0v) is 10.8. The van der Waals surface area contributed by atoms with Gasteiger partial charge in [0.2, 0.25) is 0 Å². The van der Waals surface area contributed by atoms with Crippen LogP contribution in [0.15, 0.2) is 0 Å². The average molecular weight is 212 g/mol. The zero-order valence-electron chi connectivity index (χ0n) is 10.8. The Morgan fingerprint density at radius 1 is 1.20 bits per heavy atom. The van der Waals surface area contributed by atoms with E-state index in [0.717, 1.165) is 6.04 Å². The molecule has 2 heteroatoms. The highest BCUT2D eigenvalue weighted by Crippen LogP contribution is 2.18. The van der Waals surface area contributed by atoms with Gasteiger partial charge in [0.25, 0.3) is 0 Å². The summed E-state index contributed by atoms with van der Waals surface area (Å²) in [5.41, 5.74) is 0. The van der Waals surface area contributed by atoms with E-state index in [-0.39, 0.29) is 0 Å². The second-order valence-electron chi connectivity index (χ2n) is 5.07. The molecule has 0 radical (unpaired) electrons. The van der Waals surface area contributed by atoms with Crippen molar-refractivity contribution < 1.29 is 0 Å². The van der Waals surface area contributed by atoms with Gasteiger partial charge in [-0.2, -0.15) is 0 Å². The lowest BCUT2D eigenvalue weighted by Crippen LogP contribution is -2.38. The van der Waals surface area contributed by atoms with Gasteiger partial charge in [0.05, 0.1) is 0 Å². The summed E-state index contributed by atoms with van der Waals surface area (Å²) in [5.74, 6) is 0. The molecule has 0 aromatic rings. The molecule has 0 atom stereocenters. The maximum absolute atomic E-state index is 3.59. The van der Waals surface area contributed by atoms with Gasteiger partial charge in [0.1, 0.15) is 0 Å². The molecule has 0 aromatic heterocycles. The summed E-state index contributed by atoms with van der Waals surface area (Å²) in [5, 5.41) is 3.59. The van der Waals surface area contributed by atoms with Crippen LogP contribution >= 0.6 is 0 Å². The third-order valence-corrected chi connectivity index (χ3v) is 3.19. The lowest BCUT2D eigenvalue weighted by atomic mass is 10.2. The summed E-state index contributed by atoms with van der Waals surface area (Å²) in [6.45, 7) is 10.6. The summed E-state index contributed by atoms with van der Waals surface area (Å²) in [4.78, 5) is 2.60. The molecule has 0 unspecified atom stereocenters. The summed E-state index contributed by atoms with van der Waals surface area (Å²) < 4.78 is 0. The van der Waals surface area contributed by atoms with Crippen LogP contribution in [0.4, 0.5) is 0 Å². The van der Waals surface area contributed by atoms with Crippen LogP contribution < -0.4 is 5.32 Å². The normalized spacial score (nSPS) is 16.6. The topological polar surface area (TPSA) is 15.3 Å². The summed E-state index contributed by atoms with van der Waals surface area (Å²) in [6, 6.07) is 1.55. The molecule has 1 N–H and O–H groups in total. The molecule has 0 saturated heterocycles. The molecule has 2 nitrogen and oxygen atoms in total. The van der Waals surface area contributed by atoms with Gasteiger partial charge in [-0.15, -0.1) is 0 Å². The Morgan fingerprint density at radius 3 is 2.47 bits per heavy atom. The fourth-order valence-corrected chi connectivity index (χ4v) is 1.89. The molecule has 1 aliphatic rings. The van der Waals surface area contributed by atoms with Crippen molar-refractivity contribution in [1.29, 1.82) is 0 Å². The van der Waals surface area contributed by atoms with Crippen molar-refractivity contribution in [2.45, 2.75) is 65.0 Å². The fourth-order valence-electron chi connectivity index (χ4n) is 1.89. The van der Waals surface area contributed by atoms with E-state index in [9.17, 15) is 0 Å². The number of nitrogens with zero attached hydrogens (tertiary/aromatic N) is 1. The average Bonchev–Trinajstić information content (AvgIpc) is 2.99. The van der Waals surface area contributed by atoms with Crippen LogP contribution in [-0.4, -0.2) is 36.6 Å². The molecule has 0 bridgehead atoms. The van der Waals surface area contributed by atoms with Crippen LogP contribution in [0, 0.1) is 0 Å². The molecule has 0 heterocycles. The van der Waals surface area contributed by atoms with E-state index < -0.39 is 0 Å². The molecule has 1 aliphatic carbocycles. The van der Waals surface area contributed by atoms with Gasteiger partial charge in [0.15, 0.2) is 0 Å². The van der Waals surface area contributed by atoms with Gasteiger partial charge in [-0.1, -0.05) is 19.8 Å². The monoisotopic (exact) mass is 212 g/mol. The highest BCUT2D eigenvalue weighted by Gasteiger charge is 2.20. The molecule has 0 aliphatic heterocycles. The number of hydrogen-bond acceptors (Lipinski definition) is 2. The first-order chi connectivity index (χ1) is 7.24. The summed E-state index contributed by atoms with van der Waals surface area (Å²) in [7, 11) is 0. The van der Waals surface area contributed by atoms with E-state index in [1.807, 2.05) is 0 Å².